The molecular weight excluding hydrogens is 298 g/mol. The number of nitrogens with zero attached hydrogens (tertiary/aromatic N) is 4. The highest BCUT2D eigenvalue weighted by Gasteiger charge is 2.17. The molecule has 24 heavy (non-hydrogen) atoms. The lowest BCUT2D eigenvalue weighted by Crippen LogP contribution is -2.45. The van der Waals surface area contributed by atoms with Crippen LogP contribution in [0.1, 0.15) is 23.7 Å². The van der Waals surface area contributed by atoms with Crippen molar-refractivity contribution in [2.45, 2.75) is 27.2 Å². The molecule has 1 aliphatic rings. The van der Waals surface area contributed by atoms with Crippen molar-refractivity contribution >= 4 is 17.5 Å². The third-order valence-electron chi connectivity index (χ3n) is 4.62. The molecule has 0 unspecified atom stereocenters. The van der Waals surface area contributed by atoms with E-state index in [9.17, 15) is 0 Å². The van der Waals surface area contributed by atoms with Gasteiger partial charge in [0.15, 0.2) is 0 Å². The topological polar surface area (TPSA) is 44.3 Å². The van der Waals surface area contributed by atoms with Crippen LogP contribution in [0.25, 0.3) is 0 Å². The minimum Gasteiger partial charge on any atom is -0.340 e. The molecule has 1 fully saturated rings. The molecule has 0 spiro atoms. The predicted octanol–water partition coefficient (Wildman–Crippen LogP) is 3.15. The summed E-state index contributed by atoms with van der Waals surface area (Å²) in [5.41, 5.74) is 4.72. The maximum Gasteiger partial charge on any atom is 0.227 e. The van der Waals surface area contributed by atoms with Crippen LogP contribution in [0.15, 0.2) is 24.3 Å². The normalized spacial score (nSPS) is 15.6. The number of anilines is 3. The van der Waals surface area contributed by atoms with E-state index in [0.717, 1.165) is 50.1 Å². The Bertz CT molecular complexity index is 705. The van der Waals surface area contributed by atoms with Gasteiger partial charge in [0.05, 0.1) is 0 Å². The fourth-order valence-electron chi connectivity index (χ4n) is 3.09. The van der Waals surface area contributed by atoms with Crippen LogP contribution in [0.2, 0.25) is 0 Å². The van der Waals surface area contributed by atoms with E-state index in [2.05, 4.69) is 59.2 Å². The second-order valence-electron chi connectivity index (χ2n) is 6.57. The molecule has 1 aromatic heterocycles. The Morgan fingerprint density at radius 2 is 1.83 bits per heavy atom. The average Bonchev–Trinajstić information content (AvgIpc) is 2.57. The quantitative estimate of drug-likeness (QED) is 0.935. The Morgan fingerprint density at radius 1 is 1.08 bits per heavy atom. The Labute approximate surface area is 144 Å². The van der Waals surface area contributed by atoms with Gasteiger partial charge in [-0.2, -0.15) is 4.98 Å². The number of aryl methyl sites for hydroxylation is 3. The van der Waals surface area contributed by atoms with Crippen LogP contribution in [0.3, 0.4) is 0 Å². The third-order valence-corrected chi connectivity index (χ3v) is 4.62. The first kappa shape index (κ1) is 16.7. The van der Waals surface area contributed by atoms with Crippen molar-refractivity contribution in [3.05, 3.63) is 41.1 Å². The van der Waals surface area contributed by atoms with Gasteiger partial charge in [-0.1, -0.05) is 25.1 Å². The molecule has 0 radical (unpaired) electrons. The van der Waals surface area contributed by atoms with Gasteiger partial charge >= 0.3 is 0 Å². The second kappa shape index (κ2) is 7.18. The van der Waals surface area contributed by atoms with Crippen molar-refractivity contribution in [3.8, 4) is 0 Å². The molecule has 0 aliphatic carbocycles. The van der Waals surface area contributed by atoms with Gasteiger partial charge in [-0.25, -0.2) is 4.98 Å². The number of aromatic nitrogens is 2. The highest BCUT2D eigenvalue weighted by atomic mass is 15.3. The van der Waals surface area contributed by atoms with Crippen LogP contribution < -0.4 is 10.2 Å². The van der Waals surface area contributed by atoms with Crippen molar-refractivity contribution < 1.29 is 0 Å². The van der Waals surface area contributed by atoms with Crippen molar-refractivity contribution in [1.82, 2.24) is 14.9 Å². The summed E-state index contributed by atoms with van der Waals surface area (Å²) in [6.07, 6.45) is 0.999. The summed E-state index contributed by atoms with van der Waals surface area (Å²) < 4.78 is 0. The van der Waals surface area contributed by atoms with E-state index < -0.39 is 0 Å². The number of likely N-dealkylation sites (N-methyl/N-ethyl adjacent to an activating group) is 1. The van der Waals surface area contributed by atoms with Gasteiger partial charge < -0.3 is 15.1 Å². The number of para-hydroxylation sites is 1. The summed E-state index contributed by atoms with van der Waals surface area (Å²) in [4.78, 5) is 14.0. The largest absolute Gasteiger partial charge is 0.340 e. The molecule has 1 aromatic carbocycles. The minimum atomic E-state index is 0.831. The van der Waals surface area contributed by atoms with Crippen LogP contribution in [0.4, 0.5) is 17.5 Å². The highest BCUT2D eigenvalue weighted by molar-refractivity contribution is 5.65. The first-order valence-electron chi connectivity index (χ1n) is 8.71. The molecule has 1 N–H and O–H groups in total. The van der Waals surface area contributed by atoms with Crippen molar-refractivity contribution in [2.24, 2.45) is 0 Å². The first-order chi connectivity index (χ1) is 11.6. The highest BCUT2D eigenvalue weighted by Crippen LogP contribution is 2.26. The lowest BCUT2D eigenvalue weighted by Gasteiger charge is -2.32. The fourth-order valence-corrected chi connectivity index (χ4v) is 3.09. The summed E-state index contributed by atoms with van der Waals surface area (Å²) in [6, 6.07) is 8.44. The summed E-state index contributed by atoms with van der Waals surface area (Å²) in [7, 11) is 2.16. The van der Waals surface area contributed by atoms with Crippen LogP contribution in [0.5, 0.6) is 0 Å². The first-order valence-corrected chi connectivity index (χ1v) is 8.71. The van der Waals surface area contributed by atoms with E-state index in [0.29, 0.717) is 0 Å². The summed E-state index contributed by atoms with van der Waals surface area (Å²) in [6.45, 7) is 10.4. The number of nitrogens with one attached hydrogen (secondary N) is 1. The smallest absolute Gasteiger partial charge is 0.227 e. The van der Waals surface area contributed by atoms with Crippen LogP contribution in [-0.2, 0) is 6.42 Å². The molecule has 0 atom stereocenters. The molecular formula is C19H27N5. The van der Waals surface area contributed by atoms with E-state index in [1.54, 1.807) is 0 Å². The average molecular weight is 325 g/mol. The standard InChI is InChI=1S/C19H27N5/c1-5-16-8-6-7-14(2)18(16)21-17-13-15(3)20-19(22-17)24-11-9-23(4)10-12-24/h6-8,13H,5,9-12H2,1-4H3,(H,20,21,22). The van der Waals surface area contributed by atoms with Gasteiger partial charge in [0.2, 0.25) is 5.95 Å². The molecule has 3 rings (SSSR count). The second-order valence-corrected chi connectivity index (χ2v) is 6.57. The molecule has 2 aromatic rings. The molecule has 128 valence electrons. The summed E-state index contributed by atoms with van der Waals surface area (Å²) >= 11 is 0. The Hall–Kier alpha value is -2.14. The number of hydrogen-bond acceptors (Lipinski definition) is 5. The van der Waals surface area contributed by atoms with Crippen molar-refractivity contribution in [1.29, 1.82) is 0 Å². The van der Waals surface area contributed by atoms with Gasteiger partial charge in [-0.15, -0.1) is 0 Å². The van der Waals surface area contributed by atoms with E-state index in [1.165, 1.54) is 16.8 Å². The zero-order valence-electron chi connectivity index (χ0n) is 15.1. The Balaban J connectivity index is 1.87. The molecule has 5 nitrogen and oxygen atoms in total. The molecule has 2 heterocycles. The lowest BCUT2D eigenvalue weighted by molar-refractivity contribution is 0.311. The number of hydrogen-bond donors (Lipinski definition) is 1. The van der Waals surface area contributed by atoms with E-state index in [4.69, 9.17) is 4.98 Å². The number of rotatable bonds is 4. The lowest BCUT2D eigenvalue weighted by atomic mass is 10.1. The Kier molecular flexibility index (Phi) is 5.00. The molecule has 1 aliphatic heterocycles. The van der Waals surface area contributed by atoms with Crippen LogP contribution in [0, 0.1) is 13.8 Å². The maximum absolute atomic E-state index is 4.78. The van der Waals surface area contributed by atoms with E-state index in [1.807, 2.05) is 13.0 Å². The number of benzene rings is 1. The zero-order chi connectivity index (χ0) is 17.1. The number of piperazine rings is 1. The van der Waals surface area contributed by atoms with Gasteiger partial charge in [0, 0.05) is 43.6 Å². The SMILES string of the molecule is CCc1cccc(C)c1Nc1cc(C)nc(N2CCN(C)CC2)n1. The molecule has 0 saturated carbocycles. The van der Waals surface area contributed by atoms with Crippen molar-refractivity contribution in [3.63, 3.8) is 0 Å². The molecule has 5 heteroatoms. The van der Waals surface area contributed by atoms with Crippen molar-refractivity contribution in [2.75, 3.05) is 43.4 Å². The van der Waals surface area contributed by atoms with Gasteiger partial charge in [-0.3, -0.25) is 0 Å². The molecule has 1 saturated heterocycles. The van der Waals surface area contributed by atoms with E-state index >= 15 is 0 Å². The van der Waals surface area contributed by atoms with Gasteiger partial charge in [0.1, 0.15) is 5.82 Å². The predicted molar refractivity (Wildman–Crippen MR) is 100 cm³/mol. The Morgan fingerprint density at radius 3 is 2.54 bits per heavy atom. The monoisotopic (exact) mass is 325 g/mol. The summed E-state index contributed by atoms with van der Waals surface area (Å²) in [5, 5.41) is 3.53. The minimum absolute atomic E-state index is 0.831. The van der Waals surface area contributed by atoms with Crippen LogP contribution >= 0.6 is 0 Å². The maximum atomic E-state index is 4.78. The third kappa shape index (κ3) is 3.67. The fraction of sp³-hybridized carbons (Fsp3) is 0.474. The van der Waals surface area contributed by atoms with Gasteiger partial charge in [-0.05, 0) is 38.4 Å². The van der Waals surface area contributed by atoms with E-state index in [-0.39, 0.29) is 0 Å². The van der Waals surface area contributed by atoms with Gasteiger partial charge in [0.25, 0.3) is 0 Å². The summed E-state index contributed by atoms with van der Waals surface area (Å²) in [5.74, 6) is 1.71. The van der Waals surface area contributed by atoms with Crippen LogP contribution in [-0.4, -0.2) is 48.1 Å². The molecule has 0 bridgehead atoms. The molecule has 0 amide bonds. The zero-order valence-corrected chi connectivity index (χ0v) is 15.1.